The summed E-state index contributed by atoms with van der Waals surface area (Å²) >= 11 is 3.56. The number of amides is 1. The quantitative estimate of drug-likeness (QED) is 0.340. The van der Waals surface area contributed by atoms with Gasteiger partial charge in [-0.1, -0.05) is 34.1 Å². The third-order valence-corrected chi connectivity index (χ3v) is 9.03. The molecule has 4 heterocycles. The summed E-state index contributed by atoms with van der Waals surface area (Å²) in [5, 5.41) is 0. The van der Waals surface area contributed by atoms with Gasteiger partial charge in [-0.05, 0) is 94.9 Å². The molecule has 200 valence electrons. The Labute approximate surface area is 234 Å². The molecule has 2 fully saturated rings. The van der Waals surface area contributed by atoms with Gasteiger partial charge < -0.3 is 9.64 Å². The van der Waals surface area contributed by atoms with E-state index < -0.39 is 0 Å². The largest absolute Gasteiger partial charge is 0.469 e. The molecule has 0 saturated carbocycles. The Bertz CT molecular complexity index is 1210. The monoisotopic (exact) mass is 576 g/mol. The molecule has 2 aliphatic rings. The molecular formula is C31H37BrN4O2. The van der Waals surface area contributed by atoms with Gasteiger partial charge in [0.05, 0.1) is 11.3 Å². The van der Waals surface area contributed by atoms with Gasteiger partial charge >= 0.3 is 0 Å². The van der Waals surface area contributed by atoms with Crippen LogP contribution in [0.25, 0.3) is 0 Å². The summed E-state index contributed by atoms with van der Waals surface area (Å²) < 4.78 is 7.56. The molecule has 38 heavy (non-hydrogen) atoms. The SMILES string of the molecule is Cc1ccnc(C)c1C(=O)N1CCC(C)(N2CCC(C(Oc3ccccn3)c3ccc(Br)cc3)CC2)CC1. The van der Waals surface area contributed by atoms with Crippen molar-refractivity contribution in [1.29, 1.82) is 0 Å². The van der Waals surface area contributed by atoms with Gasteiger partial charge in [0, 0.05) is 47.5 Å². The average molecular weight is 578 g/mol. The van der Waals surface area contributed by atoms with E-state index in [4.69, 9.17) is 4.74 Å². The Balaban J connectivity index is 1.22. The minimum atomic E-state index is -0.0293. The number of carbonyl (C=O) groups is 1. The first kappa shape index (κ1) is 26.8. The molecule has 0 N–H and O–H groups in total. The molecule has 1 amide bonds. The van der Waals surface area contributed by atoms with Gasteiger partial charge in [-0.2, -0.15) is 0 Å². The zero-order chi connectivity index (χ0) is 26.7. The number of hydrogen-bond donors (Lipinski definition) is 0. The van der Waals surface area contributed by atoms with E-state index >= 15 is 0 Å². The number of nitrogens with zero attached hydrogens (tertiary/aromatic N) is 4. The van der Waals surface area contributed by atoms with Gasteiger partial charge in [0.25, 0.3) is 5.91 Å². The fourth-order valence-electron chi connectivity index (χ4n) is 6.06. The molecule has 3 aromatic rings. The van der Waals surface area contributed by atoms with Gasteiger partial charge in [0.1, 0.15) is 6.10 Å². The van der Waals surface area contributed by atoms with Gasteiger partial charge in [-0.15, -0.1) is 0 Å². The molecule has 5 rings (SSSR count). The summed E-state index contributed by atoms with van der Waals surface area (Å²) in [7, 11) is 0. The molecule has 6 nitrogen and oxygen atoms in total. The van der Waals surface area contributed by atoms with E-state index in [1.54, 1.807) is 12.4 Å². The number of hydrogen-bond acceptors (Lipinski definition) is 5. The first-order valence-electron chi connectivity index (χ1n) is 13.6. The molecule has 1 aromatic carbocycles. The minimum absolute atomic E-state index is 0.0293. The highest BCUT2D eigenvalue weighted by molar-refractivity contribution is 9.10. The second kappa shape index (κ2) is 11.5. The van der Waals surface area contributed by atoms with Crippen LogP contribution in [-0.2, 0) is 0 Å². The lowest BCUT2D eigenvalue weighted by atomic mass is 9.82. The minimum Gasteiger partial charge on any atom is -0.469 e. The van der Waals surface area contributed by atoms with E-state index in [-0.39, 0.29) is 17.6 Å². The van der Waals surface area contributed by atoms with E-state index in [2.05, 4.69) is 62.0 Å². The number of ether oxygens (including phenoxy) is 1. The predicted molar refractivity (Wildman–Crippen MR) is 153 cm³/mol. The van der Waals surface area contributed by atoms with Crippen molar-refractivity contribution in [2.24, 2.45) is 5.92 Å². The highest BCUT2D eigenvalue weighted by Crippen LogP contribution is 2.39. The van der Waals surface area contributed by atoms with Crippen molar-refractivity contribution >= 4 is 21.8 Å². The maximum absolute atomic E-state index is 13.3. The lowest BCUT2D eigenvalue weighted by molar-refractivity contribution is -0.00615. The highest BCUT2D eigenvalue weighted by Gasteiger charge is 2.40. The molecule has 0 bridgehead atoms. The number of pyridine rings is 2. The fourth-order valence-corrected chi connectivity index (χ4v) is 6.33. The molecule has 7 heteroatoms. The number of carbonyl (C=O) groups excluding carboxylic acids is 1. The Morgan fingerprint density at radius 1 is 0.974 bits per heavy atom. The Morgan fingerprint density at radius 3 is 2.32 bits per heavy atom. The van der Waals surface area contributed by atoms with Crippen molar-refractivity contribution in [3.05, 3.63) is 87.8 Å². The molecule has 2 aliphatic heterocycles. The summed E-state index contributed by atoms with van der Waals surface area (Å²) in [6, 6.07) is 16.2. The second-order valence-corrected chi connectivity index (χ2v) is 11.9. The van der Waals surface area contributed by atoms with Crippen LogP contribution < -0.4 is 4.74 Å². The lowest BCUT2D eigenvalue weighted by Crippen LogP contribution is -2.56. The smallest absolute Gasteiger partial charge is 0.255 e. The zero-order valence-corrected chi connectivity index (χ0v) is 24.2. The molecule has 2 aromatic heterocycles. The predicted octanol–water partition coefficient (Wildman–Crippen LogP) is 6.38. The van der Waals surface area contributed by atoms with Crippen LogP contribution in [0.4, 0.5) is 0 Å². The van der Waals surface area contributed by atoms with Crippen LogP contribution in [0.15, 0.2) is 65.4 Å². The number of rotatable bonds is 6. The van der Waals surface area contributed by atoms with Crippen molar-refractivity contribution in [3.8, 4) is 5.88 Å². The van der Waals surface area contributed by atoms with E-state index in [9.17, 15) is 4.79 Å². The summed E-state index contributed by atoms with van der Waals surface area (Å²) in [6.45, 7) is 9.95. The summed E-state index contributed by atoms with van der Waals surface area (Å²) in [4.78, 5) is 26.8. The molecule has 0 spiro atoms. The number of benzene rings is 1. The summed E-state index contributed by atoms with van der Waals surface area (Å²) in [5.74, 6) is 1.21. The molecule has 1 atom stereocenters. The van der Waals surface area contributed by atoms with Crippen LogP contribution in [0.2, 0.25) is 0 Å². The molecule has 1 unspecified atom stereocenters. The van der Waals surface area contributed by atoms with Crippen molar-refractivity contribution in [2.45, 2.75) is 58.1 Å². The molecular weight excluding hydrogens is 540 g/mol. The van der Waals surface area contributed by atoms with E-state index in [0.29, 0.717) is 11.8 Å². The molecule has 2 saturated heterocycles. The van der Waals surface area contributed by atoms with Gasteiger partial charge in [0.2, 0.25) is 5.88 Å². The normalized spacial score (nSPS) is 19.2. The summed E-state index contributed by atoms with van der Waals surface area (Å²) in [5.41, 5.74) is 3.89. The number of aromatic nitrogens is 2. The number of piperidine rings is 2. The topological polar surface area (TPSA) is 58.6 Å². The van der Waals surface area contributed by atoms with Crippen molar-refractivity contribution in [1.82, 2.24) is 19.8 Å². The fraction of sp³-hybridized carbons (Fsp3) is 0.452. The van der Waals surface area contributed by atoms with Crippen LogP contribution in [0.5, 0.6) is 5.88 Å². The van der Waals surface area contributed by atoms with Crippen LogP contribution in [0.1, 0.15) is 65.9 Å². The maximum Gasteiger partial charge on any atom is 0.255 e. The molecule has 0 radical (unpaired) electrons. The lowest BCUT2D eigenvalue weighted by Gasteiger charge is -2.50. The third-order valence-electron chi connectivity index (χ3n) is 8.51. The van der Waals surface area contributed by atoms with Crippen LogP contribution in [-0.4, -0.2) is 57.4 Å². The maximum atomic E-state index is 13.3. The Kier molecular flexibility index (Phi) is 8.15. The Morgan fingerprint density at radius 2 is 1.68 bits per heavy atom. The standard InChI is InChI=1S/C31H37BrN4O2/c1-22-11-17-33-23(2)28(22)30(37)35-20-14-31(3,15-21-35)36-18-12-25(13-19-36)29(24-7-9-26(32)10-8-24)38-27-6-4-5-16-34-27/h4-11,16-17,25,29H,12-15,18-21H2,1-3H3. The number of aryl methyl sites for hydroxylation is 2. The van der Waals surface area contributed by atoms with E-state index in [1.165, 1.54) is 5.56 Å². The van der Waals surface area contributed by atoms with Crippen LogP contribution in [0.3, 0.4) is 0 Å². The van der Waals surface area contributed by atoms with Crippen molar-refractivity contribution in [2.75, 3.05) is 26.2 Å². The second-order valence-electron chi connectivity index (χ2n) is 11.0. The highest BCUT2D eigenvalue weighted by atomic mass is 79.9. The van der Waals surface area contributed by atoms with Crippen molar-refractivity contribution in [3.63, 3.8) is 0 Å². The zero-order valence-electron chi connectivity index (χ0n) is 22.6. The summed E-state index contributed by atoms with van der Waals surface area (Å²) in [6.07, 6.45) is 7.65. The number of likely N-dealkylation sites (tertiary alicyclic amines) is 2. The van der Waals surface area contributed by atoms with Gasteiger partial charge in [0.15, 0.2) is 0 Å². The Hall–Kier alpha value is -2.77. The van der Waals surface area contributed by atoms with Gasteiger partial charge in [-0.25, -0.2) is 4.98 Å². The third kappa shape index (κ3) is 5.79. The van der Waals surface area contributed by atoms with E-state index in [1.807, 2.05) is 43.0 Å². The molecule has 0 aliphatic carbocycles. The first-order chi connectivity index (χ1) is 18.3. The number of halogens is 1. The van der Waals surface area contributed by atoms with Crippen molar-refractivity contribution < 1.29 is 9.53 Å². The van der Waals surface area contributed by atoms with Crippen LogP contribution >= 0.6 is 15.9 Å². The van der Waals surface area contributed by atoms with Gasteiger partial charge in [-0.3, -0.25) is 14.7 Å². The average Bonchev–Trinajstić information content (AvgIpc) is 2.93. The first-order valence-corrected chi connectivity index (χ1v) is 14.4. The van der Waals surface area contributed by atoms with E-state index in [0.717, 1.165) is 73.2 Å². The van der Waals surface area contributed by atoms with Crippen LogP contribution in [0, 0.1) is 19.8 Å².